The molecule has 0 saturated heterocycles. The Hall–Kier alpha value is -2.27. The van der Waals surface area contributed by atoms with Gasteiger partial charge in [0.15, 0.2) is 12.3 Å². The SMILES string of the molecule is Cc1cc(I)ccc1NC(=O)COC(=O)c1csc(-c2cnn(C)c2)n1. The number of carbonyl (C=O) groups is 2. The fourth-order valence-corrected chi connectivity index (χ4v) is 3.60. The summed E-state index contributed by atoms with van der Waals surface area (Å²) in [6, 6.07) is 5.67. The van der Waals surface area contributed by atoms with Gasteiger partial charge in [0.25, 0.3) is 5.91 Å². The van der Waals surface area contributed by atoms with E-state index in [-0.39, 0.29) is 12.3 Å². The van der Waals surface area contributed by atoms with Gasteiger partial charge in [0.1, 0.15) is 5.01 Å². The molecule has 0 radical (unpaired) electrons. The van der Waals surface area contributed by atoms with Crippen LogP contribution in [0, 0.1) is 10.5 Å². The van der Waals surface area contributed by atoms with Crippen molar-refractivity contribution in [2.24, 2.45) is 7.05 Å². The molecule has 0 atom stereocenters. The summed E-state index contributed by atoms with van der Waals surface area (Å²) in [5.41, 5.74) is 2.63. The van der Waals surface area contributed by atoms with E-state index in [0.29, 0.717) is 10.7 Å². The second-order valence-corrected chi connectivity index (χ2v) is 7.63. The molecule has 0 aliphatic heterocycles. The quantitative estimate of drug-likeness (QED) is 0.446. The van der Waals surface area contributed by atoms with E-state index in [0.717, 1.165) is 14.7 Å². The molecule has 26 heavy (non-hydrogen) atoms. The summed E-state index contributed by atoms with van der Waals surface area (Å²) in [7, 11) is 1.81. The van der Waals surface area contributed by atoms with Crippen molar-refractivity contribution < 1.29 is 14.3 Å². The van der Waals surface area contributed by atoms with E-state index >= 15 is 0 Å². The van der Waals surface area contributed by atoms with Gasteiger partial charge in [0.05, 0.1) is 6.20 Å². The van der Waals surface area contributed by atoms with Crippen LogP contribution in [-0.4, -0.2) is 33.2 Å². The maximum atomic E-state index is 12.1. The number of carbonyl (C=O) groups excluding carboxylic acids is 2. The predicted octanol–water partition coefficient (Wildman–Crippen LogP) is 3.25. The molecule has 0 aliphatic carbocycles. The fraction of sp³-hybridized carbons (Fsp3) is 0.176. The van der Waals surface area contributed by atoms with Crippen molar-refractivity contribution in [3.05, 3.63) is 50.8 Å². The lowest BCUT2D eigenvalue weighted by Crippen LogP contribution is -2.21. The lowest BCUT2D eigenvalue weighted by Gasteiger charge is -2.08. The third kappa shape index (κ3) is 4.47. The summed E-state index contributed by atoms with van der Waals surface area (Å²) in [5.74, 6) is -1.03. The number of benzene rings is 1. The van der Waals surface area contributed by atoms with Crippen LogP contribution in [0.2, 0.25) is 0 Å². The molecule has 2 aromatic heterocycles. The Labute approximate surface area is 167 Å². The first kappa shape index (κ1) is 18.5. The van der Waals surface area contributed by atoms with Gasteiger partial charge in [-0.05, 0) is 53.3 Å². The van der Waals surface area contributed by atoms with E-state index in [2.05, 4.69) is 38.0 Å². The minimum absolute atomic E-state index is 0.173. The molecule has 1 aromatic carbocycles. The number of nitrogens with zero attached hydrogens (tertiary/aromatic N) is 3. The van der Waals surface area contributed by atoms with Crippen LogP contribution in [0.4, 0.5) is 5.69 Å². The van der Waals surface area contributed by atoms with E-state index in [4.69, 9.17) is 4.74 Å². The third-order valence-electron chi connectivity index (χ3n) is 3.46. The molecular weight excluding hydrogens is 467 g/mol. The minimum atomic E-state index is -0.633. The molecule has 0 saturated carbocycles. The Morgan fingerprint density at radius 1 is 1.38 bits per heavy atom. The highest BCUT2D eigenvalue weighted by Crippen LogP contribution is 2.23. The number of nitrogens with one attached hydrogen (secondary N) is 1. The van der Waals surface area contributed by atoms with Crippen molar-refractivity contribution in [2.45, 2.75) is 6.92 Å². The number of hydrogen-bond donors (Lipinski definition) is 1. The van der Waals surface area contributed by atoms with E-state index in [1.54, 1.807) is 23.3 Å². The summed E-state index contributed by atoms with van der Waals surface area (Å²) in [6.07, 6.45) is 3.48. The molecule has 3 rings (SSSR count). The summed E-state index contributed by atoms with van der Waals surface area (Å²) < 4.78 is 7.79. The number of rotatable bonds is 5. The normalized spacial score (nSPS) is 10.6. The van der Waals surface area contributed by atoms with E-state index in [1.165, 1.54) is 11.3 Å². The van der Waals surface area contributed by atoms with E-state index in [9.17, 15) is 9.59 Å². The van der Waals surface area contributed by atoms with Gasteiger partial charge in [-0.25, -0.2) is 9.78 Å². The molecule has 3 aromatic rings. The number of aryl methyl sites for hydroxylation is 2. The number of anilines is 1. The lowest BCUT2D eigenvalue weighted by molar-refractivity contribution is -0.119. The van der Waals surface area contributed by atoms with Gasteiger partial charge in [-0.15, -0.1) is 11.3 Å². The molecule has 0 aliphatic rings. The Kier molecular flexibility index (Phi) is 5.67. The zero-order valence-corrected chi connectivity index (χ0v) is 17.0. The first-order chi connectivity index (χ1) is 12.4. The summed E-state index contributed by atoms with van der Waals surface area (Å²) >= 11 is 3.52. The largest absolute Gasteiger partial charge is 0.451 e. The molecule has 0 unspecified atom stereocenters. The van der Waals surface area contributed by atoms with Crippen molar-refractivity contribution in [1.29, 1.82) is 0 Å². The van der Waals surface area contributed by atoms with Crippen LogP contribution in [0.15, 0.2) is 36.0 Å². The molecule has 2 heterocycles. The zero-order valence-electron chi connectivity index (χ0n) is 14.0. The lowest BCUT2D eigenvalue weighted by atomic mass is 10.2. The number of aromatic nitrogens is 3. The Morgan fingerprint density at radius 3 is 2.88 bits per heavy atom. The van der Waals surface area contributed by atoms with Crippen LogP contribution in [0.25, 0.3) is 10.6 Å². The highest BCUT2D eigenvalue weighted by Gasteiger charge is 2.16. The van der Waals surface area contributed by atoms with Gasteiger partial charge in [-0.2, -0.15) is 5.10 Å². The molecular formula is C17H15IN4O3S. The Morgan fingerprint density at radius 2 is 2.19 bits per heavy atom. The van der Waals surface area contributed by atoms with Crippen LogP contribution in [0.3, 0.4) is 0 Å². The molecule has 7 nitrogen and oxygen atoms in total. The van der Waals surface area contributed by atoms with Crippen molar-refractivity contribution in [3.63, 3.8) is 0 Å². The van der Waals surface area contributed by atoms with Crippen LogP contribution in [-0.2, 0) is 16.6 Å². The van der Waals surface area contributed by atoms with Crippen molar-refractivity contribution in [1.82, 2.24) is 14.8 Å². The van der Waals surface area contributed by atoms with Gasteiger partial charge in [-0.1, -0.05) is 0 Å². The second-order valence-electron chi connectivity index (χ2n) is 5.52. The molecule has 134 valence electrons. The summed E-state index contributed by atoms with van der Waals surface area (Å²) in [5, 5.41) is 9.08. The highest BCUT2D eigenvalue weighted by atomic mass is 127. The summed E-state index contributed by atoms with van der Waals surface area (Å²) in [4.78, 5) is 28.3. The first-order valence-corrected chi connectivity index (χ1v) is 9.56. The number of thiazole rings is 1. The number of halogens is 1. The Bertz CT molecular complexity index is 967. The van der Waals surface area contributed by atoms with E-state index < -0.39 is 11.9 Å². The average molecular weight is 482 g/mol. The van der Waals surface area contributed by atoms with Crippen molar-refractivity contribution >= 4 is 51.5 Å². The zero-order chi connectivity index (χ0) is 18.7. The standard InChI is InChI=1S/C17H15IN4O3S/c1-10-5-12(18)3-4-13(10)20-15(23)8-25-17(24)14-9-26-16(21-14)11-6-19-22(2)7-11/h3-7,9H,8H2,1-2H3,(H,20,23). The van der Waals surface area contributed by atoms with Crippen molar-refractivity contribution in [2.75, 3.05) is 11.9 Å². The second kappa shape index (κ2) is 7.96. The number of ether oxygens (including phenoxy) is 1. The van der Waals surface area contributed by atoms with Gasteiger partial charge >= 0.3 is 5.97 Å². The maximum absolute atomic E-state index is 12.1. The predicted molar refractivity (Wildman–Crippen MR) is 107 cm³/mol. The van der Waals surface area contributed by atoms with Crippen LogP contribution >= 0.6 is 33.9 Å². The molecule has 0 fully saturated rings. The van der Waals surface area contributed by atoms with Crippen molar-refractivity contribution in [3.8, 4) is 10.6 Å². The van der Waals surface area contributed by atoms with Gasteiger partial charge in [0.2, 0.25) is 0 Å². The van der Waals surface area contributed by atoms with Crippen LogP contribution in [0.5, 0.6) is 0 Å². The number of esters is 1. The van der Waals surface area contributed by atoms with E-state index in [1.807, 2.05) is 31.3 Å². The smallest absolute Gasteiger partial charge is 0.358 e. The molecule has 1 amide bonds. The summed E-state index contributed by atoms with van der Waals surface area (Å²) in [6.45, 7) is 1.53. The fourth-order valence-electron chi connectivity index (χ4n) is 2.19. The maximum Gasteiger partial charge on any atom is 0.358 e. The third-order valence-corrected chi connectivity index (χ3v) is 5.02. The van der Waals surface area contributed by atoms with Gasteiger partial charge in [0, 0.05) is 33.4 Å². The molecule has 9 heteroatoms. The monoisotopic (exact) mass is 482 g/mol. The van der Waals surface area contributed by atoms with Crippen LogP contribution in [0.1, 0.15) is 16.1 Å². The molecule has 1 N–H and O–H groups in total. The topological polar surface area (TPSA) is 86.1 Å². The minimum Gasteiger partial charge on any atom is -0.451 e. The highest BCUT2D eigenvalue weighted by molar-refractivity contribution is 14.1. The first-order valence-electron chi connectivity index (χ1n) is 7.60. The van der Waals surface area contributed by atoms with Gasteiger partial charge in [-0.3, -0.25) is 9.48 Å². The Balaban J connectivity index is 1.57. The number of hydrogen-bond acceptors (Lipinski definition) is 6. The van der Waals surface area contributed by atoms with Crippen LogP contribution < -0.4 is 5.32 Å². The molecule has 0 bridgehead atoms. The van der Waals surface area contributed by atoms with Gasteiger partial charge < -0.3 is 10.1 Å². The molecule has 0 spiro atoms. The average Bonchev–Trinajstić information content (AvgIpc) is 3.24. The number of amides is 1.